The molecule has 0 radical (unpaired) electrons. The van der Waals surface area contributed by atoms with E-state index < -0.39 is 0 Å². The average molecular weight is 918 g/mol. The summed E-state index contributed by atoms with van der Waals surface area (Å²) in [5.74, 6) is 0.229. The smallest absolute Gasteiger partial charge is 0.0780 e. The number of fused-ring (bicyclic) bond motifs is 3. The highest BCUT2D eigenvalue weighted by atomic mass is 14.7. The SMILES string of the molecule is C1=CCC(c2ncc(-c3ccccc3-c3cc(-c4ccccc4-c4cnc(-c5ccccc5)c5ccccc45)cc(-c4ccccc4-c4cnc(-c5ccccc5)c5ccccc45)c3)c3ccccc23)C=C1. The molecular weight excluding hydrogens is 871 g/mol. The minimum absolute atomic E-state index is 0.229. The molecule has 0 saturated heterocycles. The Morgan fingerprint density at radius 3 is 1.04 bits per heavy atom. The van der Waals surface area contributed by atoms with Gasteiger partial charge >= 0.3 is 0 Å². The second kappa shape index (κ2) is 18.5. The van der Waals surface area contributed by atoms with Crippen molar-refractivity contribution < 1.29 is 0 Å². The fraction of sp³-hybridized carbons (Fsp3) is 0.0290. The summed E-state index contributed by atoms with van der Waals surface area (Å²) < 4.78 is 0. The van der Waals surface area contributed by atoms with Gasteiger partial charge in [0.1, 0.15) is 0 Å². The monoisotopic (exact) mass is 917 g/mol. The largest absolute Gasteiger partial charge is 0.259 e. The Labute approximate surface area is 419 Å². The van der Waals surface area contributed by atoms with E-state index in [4.69, 9.17) is 15.0 Å². The molecule has 0 fully saturated rings. The standard InChI is InChI=1S/C69H47N3/c1-4-22-46(23-5-1)67-61-37-19-16-34-58(61)64(43-70-67)55-31-13-10-28-52(55)49-40-50(53-29-11-14-32-56(53)65-44-71-68(47-24-6-2-7-25-47)62-38-20-17-35-59(62)65)42-51(41-49)54-30-12-15-33-57(54)66-45-72-69(48-26-8-3-9-27-48)63-39-21-18-36-60(63)66/h1-26,28-45,48H,27H2. The maximum atomic E-state index is 5.27. The molecule has 0 N–H and O–H groups in total. The van der Waals surface area contributed by atoms with Gasteiger partial charge in [-0.2, -0.15) is 0 Å². The summed E-state index contributed by atoms with van der Waals surface area (Å²) in [5, 5.41) is 6.94. The van der Waals surface area contributed by atoms with Crippen LogP contribution in [0.1, 0.15) is 18.0 Å². The lowest BCUT2D eigenvalue weighted by molar-refractivity contribution is 0.826. The lowest BCUT2D eigenvalue weighted by atomic mass is 9.85. The van der Waals surface area contributed by atoms with Gasteiger partial charge in [-0.15, -0.1) is 0 Å². The third kappa shape index (κ3) is 7.69. The molecule has 1 aliphatic carbocycles. The van der Waals surface area contributed by atoms with Crippen LogP contribution in [0.4, 0.5) is 0 Å². The molecule has 3 nitrogen and oxygen atoms in total. The number of hydrogen-bond donors (Lipinski definition) is 0. The molecule has 1 atom stereocenters. The van der Waals surface area contributed by atoms with Gasteiger partial charge in [-0.1, -0.05) is 231 Å². The number of allylic oxidation sites excluding steroid dienone is 4. The summed E-state index contributed by atoms with van der Waals surface area (Å²) in [5.41, 5.74) is 18.6. The van der Waals surface area contributed by atoms with Crippen LogP contribution in [-0.2, 0) is 0 Å². The molecule has 0 spiro atoms. The summed E-state index contributed by atoms with van der Waals surface area (Å²) in [6, 6.07) is 80.7. The van der Waals surface area contributed by atoms with E-state index in [0.717, 1.165) is 123 Å². The zero-order chi connectivity index (χ0) is 47.8. The number of rotatable bonds is 9. The van der Waals surface area contributed by atoms with E-state index in [1.165, 1.54) is 10.8 Å². The molecule has 3 heterocycles. The van der Waals surface area contributed by atoms with Crippen LogP contribution in [0.15, 0.2) is 267 Å². The van der Waals surface area contributed by atoms with Crippen molar-refractivity contribution in [3.05, 3.63) is 273 Å². The number of nitrogens with zero attached hydrogens (tertiary/aromatic N) is 3. The quantitative estimate of drug-likeness (QED) is 0.145. The van der Waals surface area contributed by atoms with Crippen LogP contribution < -0.4 is 0 Å². The highest BCUT2D eigenvalue weighted by Crippen LogP contribution is 2.46. The van der Waals surface area contributed by atoms with E-state index >= 15 is 0 Å². The second-order valence-corrected chi connectivity index (χ2v) is 18.6. The molecule has 0 saturated carbocycles. The number of pyridine rings is 3. The van der Waals surface area contributed by atoms with Crippen molar-refractivity contribution in [3.8, 4) is 89.3 Å². The Kier molecular flexibility index (Phi) is 11.0. The van der Waals surface area contributed by atoms with Gasteiger partial charge in [0.2, 0.25) is 0 Å². The van der Waals surface area contributed by atoms with E-state index in [9.17, 15) is 0 Å². The van der Waals surface area contributed by atoms with Crippen molar-refractivity contribution in [3.63, 3.8) is 0 Å². The van der Waals surface area contributed by atoms with Crippen LogP contribution >= 0.6 is 0 Å². The van der Waals surface area contributed by atoms with E-state index in [1.807, 2.05) is 0 Å². The number of hydrogen-bond acceptors (Lipinski definition) is 3. The third-order valence-corrected chi connectivity index (χ3v) is 14.4. The van der Waals surface area contributed by atoms with Crippen LogP contribution in [0.25, 0.3) is 122 Å². The molecule has 1 aliphatic rings. The molecular formula is C69H47N3. The van der Waals surface area contributed by atoms with Crippen molar-refractivity contribution in [1.29, 1.82) is 0 Å². The number of benzene rings is 9. The molecule has 9 aromatic carbocycles. The minimum Gasteiger partial charge on any atom is -0.259 e. The molecule has 0 bridgehead atoms. The maximum absolute atomic E-state index is 5.27. The summed E-state index contributed by atoms with van der Waals surface area (Å²) >= 11 is 0. The van der Waals surface area contributed by atoms with Gasteiger partial charge in [0.25, 0.3) is 0 Å². The van der Waals surface area contributed by atoms with Crippen LogP contribution in [0.2, 0.25) is 0 Å². The normalized spacial score (nSPS) is 13.2. The van der Waals surface area contributed by atoms with Gasteiger partial charge in [0, 0.05) is 68.5 Å². The van der Waals surface area contributed by atoms with Crippen LogP contribution in [0, 0.1) is 0 Å². The summed E-state index contributed by atoms with van der Waals surface area (Å²) in [7, 11) is 0. The first-order valence-corrected chi connectivity index (χ1v) is 24.8. The van der Waals surface area contributed by atoms with Crippen molar-refractivity contribution >= 4 is 32.3 Å². The first kappa shape index (κ1) is 42.8. The van der Waals surface area contributed by atoms with Gasteiger partial charge in [-0.05, 0) is 90.8 Å². The fourth-order valence-electron chi connectivity index (χ4n) is 11.0. The first-order chi connectivity index (χ1) is 35.7. The Hall–Kier alpha value is -9.31. The van der Waals surface area contributed by atoms with Crippen molar-refractivity contribution in [2.75, 3.05) is 0 Å². The molecule has 1 unspecified atom stereocenters. The molecule has 0 amide bonds. The van der Waals surface area contributed by atoms with Crippen molar-refractivity contribution in [2.24, 2.45) is 0 Å². The molecule has 72 heavy (non-hydrogen) atoms. The lowest BCUT2D eigenvalue weighted by Gasteiger charge is -2.20. The molecule has 3 heteroatoms. The molecule has 0 aliphatic heterocycles. The number of aromatic nitrogens is 3. The van der Waals surface area contributed by atoms with Crippen molar-refractivity contribution in [2.45, 2.75) is 12.3 Å². The molecule has 3 aromatic heterocycles. The van der Waals surface area contributed by atoms with E-state index in [1.54, 1.807) is 0 Å². The van der Waals surface area contributed by atoms with Crippen LogP contribution in [-0.4, -0.2) is 15.0 Å². The van der Waals surface area contributed by atoms with Crippen LogP contribution in [0.5, 0.6) is 0 Å². The highest BCUT2D eigenvalue weighted by molar-refractivity contribution is 6.08. The second-order valence-electron chi connectivity index (χ2n) is 18.6. The first-order valence-electron chi connectivity index (χ1n) is 24.8. The molecule has 13 rings (SSSR count). The van der Waals surface area contributed by atoms with E-state index in [2.05, 4.69) is 267 Å². The predicted molar refractivity (Wildman–Crippen MR) is 301 cm³/mol. The Morgan fingerprint density at radius 1 is 0.278 bits per heavy atom. The zero-order valence-electron chi connectivity index (χ0n) is 39.5. The zero-order valence-corrected chi connectivity index (χ0v) is 39.5. The van der Waals surface area contributed by atoms with Crippen molar-refractivity contribution in [1.82, 2.24) is 15.0 Å². The highest BCUT2D eigenvalue weighted by Gasteiger charge is 2.22. The van der Waals surface area contributed by atoms with Gasteiger partial charge in [0.05, 0.1) is 17.1 Å². The van der Waals surface area contributed by atoms with Gasteiger partial charge in [0.15, 0.2) is 0 Å². The Morgan fingerprint density at radius 2 is 0.625 bits per heavy atom. The average Bonchev–Trinajstić information content (AvgIpc) is 3.47. The maximum Gasteiger partial charge on any atom is 0.0780 e. The molecule has 338 valence electrons. The van der Waals surface area contributed by atoms with E-state index in [-0.39, 0.29) is 5.92 Å². The Balaban J connectivity index is 1.04. The van der Waals surface area contributed by atoms with Gasteiger partial charge in [-0.25, -0.2) is 0 Å². The summed E-state index contributed by atoms with van der Waals surface area (Å²) in [6.45, 7) is 0. The lowest BCUT2D eigenvalue weighted by Crippen LogP contribution is -2.01. The summed E-state index contributed by atoms with van der Waals surface area (Å²) in [4.78, 5) is 15.7. The summed E-state index contributed by atoms with van der Waals surface area (Å²) in [6.07, 6.45) is 16.0. The van der Waals surface area contributed by atoms with Gasteiger partial charge in [-0.3, -0.25) is 15.0 Å². The fourth-order valence-corrected chi connectivity index (χ4v) is 11.0. The van der Waals surface area contributed by atoms with E-state index in [0.29, 0.717) is 0 Å². The molecule has 12 aromatic rings. The Bertz CT molecular complexity index is 3890. The van der Waals surface area contributed by atoms with Crippen LogP contribution in [0.3, 0.4) is 0 Å². The topological polar surface area (TPSA) is 38.7 Å². The third-order valence-electron chi connectivity index (χ3n) is 14.4. The minimum atomic E-state index is 0.229. The van der Waals surface area contributed by atoms with Gasteiger partial charge < -0.3 is 0 Å². The predicted octanol–water partition coefficient (Wildman–Crippen LogP) is 18.3.